The van der Waals surface area contributed by atoms with Crippen LogP contribution in [0.25, 0.3) is 5.13 Å². The van der Waals surface area contributed by atoms with E-state index in [1.54, 1.807) is 18.4 Å². The van der Waals surface area contributed by atoms with Crippen molar-refractivity contribution >= 4 is 27.8 Å². The van der Waals surface area contributed by atoms with E-state index < -0.39 is 0 Å². The lowest BCUT2D eigenvalue weighted by molar-refractivity contribution is 0.416. The van der Waals surface area contributed by atoms with Gasteiger partial charge in [-0.3, -0.25) is 4.57 Å². The Hall–Kier alpha value is -3.52. The van der Waals surface area contributed by atoms with E-state index in [2.05, 4.69) is 66.3 Å². The number of anilines is 3. The van der Waals surface area contributed by atoms with E-state index in [1.165, 1.54) is 5.69 Å². The van der Waals surface area contributed by atoms with E-state index in [1.807, 2.05) is 36.5 Å². The molecule has 1 N–H and O–H groups in total. The Kier molecular flexibility index (Phi) is 5.93. The Labute approximate surface area is 191 Å². The van der Waals surface area contributed by atoms with Crippen LogP contribution in [0.4, 0.5) is 16.5 Å². The van der Waals surface area contributed by atoms with Gasteiger partial charge in [0.2, 0.25) is 10.3 Å². The largest absolute Gasteiger partial charge is 0.495 e. The standard InChI is InChI=1S/C24H26N6OS/c1-31-22-12-6-5-11-21(22)25-18-20-10-7-13-30(20)24-27-26-23(32-24)29-16-14-28(15-17-29)19-8-3-2-4-9-19/h2-13,25H,14-18H2,1H3. The van der Waals surface area contributed by atoms with Crippen molar-refractivity contribution in [1.29, 1.82) is 0 Å². The van der Waals surface area contributed by atoms with Gasteiger partial charge in [-0.05, 0) is 36.4 Å². The van der Waals surface area contributed by atoms with Crippen molar-refractivity contribution in [3.63, 3.8) is 0 Å². The van der Waals surface area contributed by atoms with E-state index >= 15 is 0 Å². The first kappa shape index (κ1) is 20.4. The Bertz CT molecular complexity index is 1150. The predicted octanol–water partition coefficient (Wildman–Crippen LogP) is 4.28. The van der Waals surface area contributed by atoms with Crippen molar-refractivity contribution in [3.8, 4) is 10.9 Å². The van der Waals surface area contributed by atoms with Crippen LogP contribution in [0.3, 0.4) is 0 Å². The number of nitrogens with one attached hydrogen (secondary N) is 1. The molecular formula is C24H26N6OS. The highest BCUT2D eigenvalue weighted by molar-refractivity contribution is 7.17. The number of aromatic nitrogens is 3. The van der Waals surface area contributed by atoms with Crippen molar-refractivity contribution in [2.75, 3.05) is 48.4 Å². The molecule has 0 aliphatic carbocycles. The molecule has 7 nitrogen and oxygen atoms in total. The fraction of sp³-hybridized carbons (Fsp3) is 0.250. The van der Waals surface area contributed by atoms with Crippen LogP contribution in [0.15, 0.2) is 72.9 Å². The molecule has 164 valence electrons. The molecule has 1 aliphatic heterocycles. The number of para-hydroxylation sites is 3. The molecule has 2 aromatic heterocycles. The van der Waals surface area contributed by atoms with Crippen LogP contribution in [0.5, 0.6) is 5.75 Å². The van der Waals surface area contributed by atoms with E-state index in [4.69, 9.17) is 4.74 Å². The highest BCUT2D eigenvalue weighted by atomic mass is 32.1. The smallest absolute Gasteiger partial charge is 0.218 e. The number of hydrogen-bond donors (Lipinski definition) is 1. The minimum Gasteiger partial charge on any atom is -0.495 e. The van der Waals surface area contributed by atoms with Crippen LogP contribution in [0, 0.1) is 0 Å². The number of piperazine rings is 1. The molecular weight excluding hydrogens is 420 g/mol. The Balaban J connectivity index is 1.24. The Morgan fingerprint density at radius 1 is 0.844 bits per heavy atom. The molecule has 0 bridgehead atoms. The van der Waals surface area contributed by atoms with E-state index in [9.17, 15) is 0 Å². The normalized spacial score (nSPS) is 13.9. The molecule has 2 aromatic carbocycles. The molecule has 5 rings (SSSR count). The first-order valence-corrected chi connectivity index (χ1v) is 11.6. The quantitative estimate of drug-likeness (QED) is 0.457. The summed E-state index contributed by atoms with van der Waals surface area (Å²) in [6.07, 6.45) is 2.04. The molecule has 4 aromatic rings. The third-order valence-electron chi connectivity index (χ3n) is 5.68. The number of benzene rings is 2. The zero-order valence-electron chi connectivity index (χ0n) is 18.0. The molecule has 1 fully saturated rings. The fourth-order valence-corrected chi connectivity index (χ4v) is 4.87. The maximum atomic E-state index is 5.44. The summed E-state index contributed by atoms with van der Waals surface area (Å²) in [6.45, 7) is 4.51. The summed E-state index contributed by atoms with van der Waals surface area (Å²) in [5.74, 6) is 0.832. The van der Waals surface area contributed by atoms with Gasteiger partial charge in [0.15, 0.2) is 0 Å². The van der Waals surface area contributed by atoms with Gasteiger partial charge in [-0.25, -0.2) is 0 Å². The third-order valence-corrected chi connectivity index (χ3v) is 6.66. The summed E-state index contributed by atoms with van der Waals surface area (Å²) >= 11 is 1.63. The Morgan fingerprint density at radius 3 is 2.38 bits per heavy atom. The summed E-state index contributed by atoms with van der Waals surface area (Å²) in [6, 6.07) is 22.7. The van der Waals surface area contributed by atoms with Gasteiger partial charge in [0.1, 0.15) is 5.75 Å². The van der Waals surface area contributed by atoms with Crippen LogP contribution >= 0.6 is 11.3 Å². The van der Waals surface area contributed by atoms with Gasteiger partial charge in [0, 0.05) is 43.8 Å². The van der Waals surface area contributed by atoms with Crippen molar-refractivity contribution in [2.45, 2.75) is 6.54 Å². The molecule has 8 heteroatoms. The molecule has 1 aliphatic rings. The molecule has 0 atom stereocenters. The first-order valence-electron chi connectivity index (χ1n) is 10.7. The lowest BCUT2D eigenvalue weighted by Crippen LogP contribution is -2.46. The number of ether oxygens (including phenoxy) is 1. The minimum atomic E-state index is 0.665. The van der Waals surface area contributed by atoms with Crippen molar-refractivity contribution in [1.82, 2.24) is 14.8 Å². The second-order valence-electron chi connectivity index (χ2n) is 7.60. The van der Waals surface area contributed by atoms with Gasteiger partial charge < -0.3 is 19.9 Å². The van der Waals surface area contributed by atoms with Gasteiger partial charge in [-0.2, -0.15) is 0 Å². The monoisotopic (exact) mass is 446 g/mol. The van der Waals surface area contributed by atoms with Crippen molar-refractivity contribution < 1.29 is 4.74 Å². The number of nitrogens with zero attached hydrogens (tertiary/aromatic N) is 5. The molecule has 32 heavy (non-hydrogen) atoms. The van der Waals surface area contributed by atoms with Crippen LogP contribution in [-0.4, -0.2) is 48.1 Å². The predicted molar refractivity (Wildman–Crippen MR) is 130 cm³/mol. The van der Waals surface area contributed by atoms with E-state index in [-0.39, 0.29) is 0 Å². The summed E-state index contributed by atoms with van der Waals surface area (Å²) in [5.41, 5.74) is 3.37. The maximum Gasteiger partial charge on any atom is 0.218 e. The lowest BCUT2D eigenvalue weighted by atomic mass is 10.2. The summed E-state index contributed by atoms with van der Waals surface area (Å²) in [5, 5.41) is 14.3. The summed E-state index contributed by atoms with van der Waals surface area (Å²) < 4.78 is 7.54. The second kappa shape index (κ2) is 9.32. The zero-order valence-corrected chi connectivity index (χ0v) is 18.8. The van der Waals surface area contributed by atoms with Crippen molar-refractivity contribution in [2.24, 2.45) is 0 Å². The minimum absolute atomic E-state index is 0.665. The molecule has 0 amide bonds. The topological polar surface area (TPSA) is 58.5 Å². The molecule has 0 spiro atoms. The fourth-order valence-electron chi connectivity index (χ4n) is 3.95. The third kappa shape index (κ3) is 4.27. The van der Waals surface area contributed by atoms with Crippen LogP contribution in [-0.2, 0) is 6.54 Å². The highest BCUT2D eigenvalue weighted by Crippen LogP contribution is 2.28. The van der Waals surface area contributed by atoms with Gasteiger partial charge in [-0.15, -0.1) is 10.2 Å². The van der Waals surface area contributed by atoms with Crippen LogP contribution in [0.2, 0.25) is 0 Å². The Morgan fingerprint density at radius 2 is 1.56 bits per heavy atom. The van der Waals surface area contributed by atoms with Gasteiger partial charge >= 0.3 is 0 Å². The second-order valence-corrected chi connectivity index (χ2v) is 8.53. The highest BCUT2D eigenvalue weighted by Gasteiger charge is 2.21. The van der Waals surface area contributed by atoms with Gasteiger partial charge in [-0.1, -0.05) is 41.7 Å². The van der Waals surface area contributed by atoms with Crippen LogP contribution < -0.4 is 19.9 Å². The van der Waals surface area contributed by atoms with Gasteiger partial charge in [0.05, 0.1) is 19.3 Å². The zero-order chi connectivity index (χ0) is 21.8. The van der Waals surface area contributed by atoms with Crippen molar-refractivity contribution in [3.05, 3.63) is 78.6 Å². The van der Waals surface area contributed by atoms with Gasteiger partial charge in [0.25, 0.3) is 0 Å². The maximum absolute atomic E-state index is 5.44. The number of hydrogen-bond acceptors (Lipinski definition) is 7. The SMILES string of the molecule is COc1ccccc1NCc1cccn1-c1nnc(N2CCN(c3ccccc3)CC2)s1. The molecule has 0 unspecified atom stereocenters. The number of rotatable bonds is 7. The molecule has 0 saturated carbocycles. The van der Waals surface area contributed by atoms with E-state index in [0.717, 1.165) is 53.6 Å². The summed E-state index contributed by atoms with van der Waals surface area (Å²) in [4.78, 5) is 4.75. The van der Waals surface area contributed by atoms with E-state index in [0.29, 0.717) is 6.54 Å². The average Bonchev–Trinajstić information content (AvgIpc) is 3.53. The van der Waals surface area contributed by atoms with Crippen LogP contribution in [0.1, 0.15) is 5.69 Å². The lowest BCUT2D eigenvalue weighted by Gasteiger charge is -2.35. The summed E-state index contributed by atoms with van der Waals surface area (Å²) in [7, 11) is 1.69. The first-order chi connectivity index (χ1) is 15.8. The molecule has 3 heterocycles. The molecule has 0 radical (unpaired) electrons. The average molecular weight is 447 g/mol. The number of methoxy groups -OCH3 is 1. The molecule has 1 saturated heterocycles.